The fraction of sp³-hybridized carbons (Fsp3) is 0.571. The monoisotopic (exact) mass is 127 g/mol. The van der Waals surface area contributed by atoms with Gasteiger partial charge in [-0.15, -0.1) is 0 Å². The van der Waals surface area contributed by atoms with Crippen molar-refractivity contribution in [3.63, 3.8) is 0 Å². The first-order valence-corrected chi connectivity index (χ1v) is 2.98. The van der Waals surface area contributed by atoms with Crippen LogP contribution in [-0.4, -0.2) is 5.71 Å². The zero-order valence-electron chi connectivity index (χ0n) is 6.43. The van der Waals surface area contributed by atoms with Crippen LogP contribution in [0, 0.1) is 0 Å². The third-order valence-electron chi connectivity index (χ3n) is 0.779. The molecule has 2 nitrogen and oxygen atoms in total. The summed E-state index contributed by atoms with van der Waals surface area (Å²) in [5, 5.41) is 3.74. The average Bonchev–Trinajstić information content (AvgIpc) is 1.83. The van der Waals surface area contributed by atoms with E-state index < -0.39 is 0 Å². The van der Waals surface area contributed by atoms with Crippen molar-refractivity contribution in [3.05, 3.63) is 11.8 Å². The summed E-state index contributed by atoms with van der Waals surface area (Å²) in [6, 6.07) is 0. The highest BCUT2D eigenvalue weighted by atomic mass is 16.6. The topological polar surface area (TPSA) is 21.6 Å². The number of hydrogen-bond acceptors (Lipinski definition) is 2. The molecule has 0 spiro atoms. The third-order valence-corrected chi connectivity index (χ3v) is 0.779. The van der Waals surface area contributed by atoms with E-state index in [-0.39, 0.29) is 0 Å². The Labute approximate surface area is 56.2 Å². The molecule has 2 heteroatoms. The molecule has 0 fully saturated rings. The molecule has 0 aromatic rings. The minimum absolute atomic E-state index is 0.830. The molecule has 0 heterocycles. The molecule has 0 aromatic heterocycles. The van der Waals surface area contributed by atoms with Gasteiger partial charge in [0.15, 0.2) is 0 Å². The summed E-state index contributed by atoms with van der Waals surface area (Å²) < 4.78 is 0. The standard InChI is InChI=1S/C7H13NO/c1-5-7(4)9-8-6(2)3/h5H,1-4H3/b7-5+. The highest BCUT2D eigenvalue weighted by Gasteiger charge is 1.82. The van der Waals surface area contributed by atoms with Crippen molar-refractivity contribution >= 4 is 5.71 Å². The number of hydrogen-bond donors (Lipinski definition) is 0. The van der Waals surface area contributed by atoms with Crippen LogP contribution in [0.2, 0.25) is 0 Å². The van der Waals surface area contributed by atoms with E-state index in [0.29, 0.717) is 0 Å². The van der Waals surface area contributed by atoms with Crippen molar-refractivity contribution in [1.29, 1.82) is 0 Å². The second kappa shape index (κ2) is 4.13. The van der Waals surface area contributed by atoms with Crippen LogP contribution in [-0.2, 0) is 4.84 Å². The fourth-order valence-electron chi connectivity index (χ4n) is 0.216. The normalized spacial score (nSPS) is 10.9. The predicted octanol–water partition coefficient (Wildman–Crippen LogP) is 2.32. The number of nitrogens with zero attached hydrogens (tertiary/aromatic N) is 1. The molecule has 9 heavy (non-hydrogen) atoms. The van der Waals surface area contributed by atoms with Gasteiger partial charge >= 0.3 is 0 Å². The largest absolute Gasteiger partial charge is 0.362 e. The van der Waals surface area contributed by atoms with Gasteiger partial charge in [-0.2, -0.15) is 0 Å². The van der Waals surface area contributed by atoms with E-state index in [2.05, 4.69) is 5.16 Å². The number of rotatable bonds is 2. The van der Waals surface area contributed by atoms with Gasteiger partial charge < -0.3 is 4.84 Å². The van der Waals surface area contributed by atoms with Gasteiger partial charge in [-0.05, 0) is 33.8 Å². The zero-order valence-corrected chi connectivity index (χ0v) is 6.43. The zero-order chi connectivity index (χ0) is 7.28. The Bertz CT molecular complexity index is 132. The lowest BCUT2D eigenvalue weighted by molar-refractivity contribution is 0.228. The van der Waals surface area contributed by atoms with E-state index in [1.807, 2.05) is 33.8 Å². The summed E-state index contributed by atoms with van der Waals surface area (Å²) >= 11 is 0. The Morgan fingerprint density at radius 2 is 1.89 bits per heavy atom. The van der Waals surface area contributed by atoms with Gasteiger partial charge in [-0.25, -0.2) is 0 Å². The molecule has 0 aromatic carbocycles. The summed E-state index contributed by atoms with van der Waals surface area (Å²) in [4.78, 5) is 4.90. The van der Waals surface area contributed by atoms with Crippen molar-refractivity contribution in [2.45, 2.75) is 27.7 Å². The first-order chi connectivity index (χ1) is 4.16. The molecular weight excluding hydrogens is 114 g/mol. The minimum Gasteiger partial charge on any atom is -0.362 e. The van der Waals surface area contributed by atoms with Crippen molar-refractivity contribution in [2.75, 3.05) is 0 Å². The lowest BCUT2D eigenvalue weighted by atomic mass is 10.5. The molecule has 0 unspecified atom stereocenters. The van der Waals surface area contributed by atoms with E-state index >= 15 is 0 Å². The Hall–Kier alpha value is -0.790. The first-order valence-electron chi connectivity index (χ1n) is 2.98. The van der Waals surface area contributed by atoms with Crippen LogP contribution in [0.5, 0.6) is 0 Å². The summed E-state index contributed by atoms with van der Waals surface area (Å²) in [6.07, 6.45) is 1.87. The van der Waals surface area contributed by atoms with Crippen LogP contribution in [0.15, 0.2) is 17.0 Å². The van der Waals surface area contributed by atoms with Crippen LogP contribution < -0.4 is 0 Å². The Kier molecular flexibility index (Phi) is 3.76. The maximum atomic E-state index is 4.90. The number of allylic oxidation sites excluding steroid dienone is 2. The lowest BCUT2D eigenvalue weighted by Gasteiger charge is -1.95. The van der Waals surface area contributed by atoms with E-state index in [1.54, 1.807) is 0 Å². The second-order valence-corrected chi connectivity index (χ2v) is 2.03. The Morgan fingerprint density at radius 3 is 2.22 bits per heavy atom. The molecule has 0 saturated carbocycles. The number of oxime groups is 1. The smallest absolute Gasteiger partial charge is 0.127 e. The van der Waals surface area contributed by atoms with Crippen LogP contribution in [0.1, 0.15) is 27.7 Å². The molecule has 0 radical (unpaired) electrons. The van der Waals surface area contributed by atoms with Gasteiger partial charge in [0.05, 0.1) is 5.71 Å². The SMILES string of the molecule is C/C=C(\C)ON=C(C)C. The molecule has 0 atom stereocenters. The van der Waals surface area contributed by atoms with Gasteiger partial charge in [-0.3, -0.25) is 0 Å². The van der Waals surface area contributed by atoms with Crippen molar-refractivity contribution < 1.29 is 4.84 Å². The van der Waals surface area contributed by atoms with Crippen molar-refractivity contribution in [3.8, 4) is 0 Å². The quantitative estimate of drug-likeness (QED) is 0.317. The highest BCUT2D eigenvalue weighted by molar-refractivity contribution is 5.78. The van der Waals surface area contributed by atoms with E-state index in [9.17, 15) is 0 Å². The van der Waals surface area contributed by atoms with Crippen molar-refractivity contribution in [2.24, 2.45) is 5.16 Å². The van der Waals surface area contributed by atoms with Gasteiger partial charge in [0.1, 0.15) is 5.76 Å². The summed E-state index contributed by atoms with van der Waals surface area (Å²) in [6.45, 7) is 7.56. The average molecular weight is 127 g/mol. The summed E-state index contributed by atoms with van der Waals surface area (Å²) in [5.74, 6) is 0.830. The maximum absolute atomic E-state index is 4.90. The molecule has 0 saturated heterocycles. The van der Waals surface area contributed by atoms with Gasteiger partial charge in [-0.1, -0.05) is 5.16 Å². The van der Waals surface area contributed by atoms with Crippen LogP contribution >= 0.6 is 0 Å². The van der Waals surface area contributed by atoms with E-state index in [1.165, 1.54) is 0 Å². The van der Waals surface area contributed by atoms with Gasteiger partial charge in [0.25, 0.3) is 0 Å². The lowest BCUT2D eigenvalue weighted by Crippen LogP contribution is -1.84. The van der Waals surface area contributed by atoms with Crippen LogP contribution in [0.25, 0.3) is 0 Å². The molecule has 0 aliphatic heterocycles. The summed E-state index contributed by atoms with van der Waals surface area (Å²) in [5.41, 5.74) is 0.927. The molecule has 0 amide bonds. The highest BCUT2D eigenvalue weighted by Crippen LogP contribution is 1.94. The Morgan fingerprint density at radius 1 is 1.33 bits per heavy atom. The van der Waals surface area contributed by atoms with E-state index in [4.69, 9.17) is 4.84 Å². The second-order valence-electron chi connectivity index (χ2n) is 2.03. The van der Waals surface area contributed by atoms with Gasteiger partial charge in [0, 0.05) is 0 Å². The fourth-order valence-corrected chi connectivity index (χ4v) is 0.216. The van der Waals surface area contributed by atoms with E-state index in [0.717, 1.165) is 11.5 Å². The molecule has 0 bridgehead atoms. The minimum atomic E-state index is 0.830. The van der Waals surface area contributed by atoms with Crippen LogP contribution in [0.3, 0.4) is 0 Å². The van der Waals surface area contributed by atoms with Gasteiger partial charge in [0.2, 0.25) is 0 Å². The first kappa shape index (κ1) is 8.21. The molecule has 0 aliphatic carbocycles. The molecule has 0 rings (SSSR count). The third kappa shape index (κ3) is 5.07. The Balaban J connectivity index is 3.64. The summed E-state index contributed by atoms with van der Waals surface area (Å²) in [7, 11) is 0. The molecule has 52 valence electrons. The van der Waals surface area contributed by atoms with Crippen LogP contribution in [0.4, 0.5) is 0 Å². The predicted molar refractivity (Wildman–Crippen MR) is 39.3 cm³/mol. The van der Waals surface area contributed by atoms with Crippen molar-refractivity contribution in [1.82, 2.24) is 0 Å². The molecule has 0 N–H and O–H groups in total. The molecule has 0 aliphatic rings. The molecular formula is C7H13NO. The maximum Gasteiger partial charge on any atom is 0.127 e.